The summed E-state index contributed by atoms with van der Waals surface area (Å²) in [6, 6.07) is 9.15. The molecule has 0 spiro atoms. The van der Waals surface area contributed by atoms with E-state index < -0.39 is 0 Å². The summed E-state index contributed by atoms with van der Waals surface area (Å²) in [5, 5.41) is 9.89. The first-order chi connectivity index (χ1) is 9.65. The molecule has 2 rings (SSSR count). The number of aromatic nitrogens is 1. The summed E-state index contributed by atoms with van der Waals surface area (Å²) < 4.78 is 5.72. The van der Waals surface area contributed by atoms with Crippen LogP contribution >= 0.6 is 15.9 Å². The number of carbonyl (C=O) groups excluding carboxylic acids is 1. The predicted octanol–water partition coefficient (Wildman–Crippen LogP) is 2.73. The highest BCUT2D eigenvalue weighted by atomic mass is 79.9. The van der Waals surface area contributed by atoms with Crippen LogP contribution in [0.25, 0.3) is 0 Å². The molecule has 6 nitrogen and oxygen atoms in total. The number of nitrogens with zero attached hydrogens (tertiary/aromatic N) is 2. The summed E-state index contributed by atoms with van der Waals surface area (Å²) in [5.74, 6) is 0.613. The molecule has 0 aliphatic rings. The van der Waals surface area contributed by atoms with Crippen LogP contribution in [0.2, 0.25) is 0 Å². The number of rotatable bonds is 5. The second-order valence-electron chi connectivity index (χ2n) is 3.90. The number of benzene rings is 1. The van der Waals surface area contributed by atoms with Crippen molar-refractivity contribution >= 4 is 33.9 Å². The minimum Gasteiger partial charge on any atom is -0.386 e. The van der Waals surface area contributed by atoms with Crippen LogP contribution in [0.3, 0.4) is 0 Å². The van der Waals surface area contributed by atoms with Crippen LogP contribution in [-0.4, -0.2) is 23.9 Å². The van der Waals surface area contributed by atoms with E-state index in [9.17, 15) is 4.79 Å². The number of carbonyl (C=O) groups is 1. The van der Waals surface area contributed by atoms with Gasteiger partial charge in [-0.1, -0.05) is 44.4 Å². The molecule has 0 aliphatic heterocycles. The van der Waals surface area contributed by atoms with Crippen LogP contribution < -0.4 is 5.32 Å². The lowest BCUT2D eigenvalue weighted by atomic mass is 10.2. The molecule has 0 unspecified atom stereocenters. The monoisotopic (exact) mass is 337 g/mol. The maximum absolute atomic E-state index is 11.5. The van der Waals surface area contributed by atoms with Gasteiger partial charge in [0.2, 0.25) is 0 Å². The maximum atomic E-state index is 11.5. The first-order valence-electron chi connectivity index (χ1n) is 5.78. The maximum Gasteiger partial charge on any atom is 0.266 e. The van der Waals surface area contributed by atoms with Crippen molar-refractivity contribution in [3.05, 3.63) is 46.1 Å². The minimum absolute atomic E-state index is 0.202. The fraction of sp³-hybridized carbons (Fsp3) is 0.154. The third-order valence-corrected chi connectivity index (χ3v) is 2.98. The highest BCUT2D eigenvalue weighted by Gasteiger charge is 2.06. The molecule has 1 N–H and O–H groups in total. The zero-order valence-electron chi connectivity index (χ0n) is 10.7. The van der Waals surface area contributed by atoms with Crippen molar-refractivity contribution in [1.29, 1.82) is 0 Å². The van der Waals surface area contributed by atoms with Gasteiger partial charge in [-0.25, -0.2) is 0 Å². The van der Waals surface area contributed by atoms with E-state index in [2.05, 4.69) is 31.6 Å². The van der Waals surface area contributed by atoms with E-state index in [1.54, 1.807) is 13.0 Å². The number of amides is 1. The molecule has 0 saturated carbocycles. The first kappa shape index (κ1) is 14.3. The van der Waals surface area contributed by atoms with Gasteiger partial charge in [0.1, 0.15) is 5.76 Å². The van der Waals surface area contributed by atoms with Crippen molar-refractivity contribution in [2.75, 3.05) is 11.9 Å². The molecule has 1 heterocycles. The number of halogens is 1. The molecular weight excluding hydrogens is 326 g/mol. The largest absolute Gasteiger partial charge is 0.386 e. The quantitative estimate of drug-likeness (QED) is 0.672. The zero-order chi connectivity index (χ0) is 14.4. The first-order valence-corrected chi connectivity index (χ1v) is 6.57. The second-order valence-corrected chi connectivity index (χ2v) is 4.75. The Hall–Kier alpha value is -2.15. The summed E-state index contributed by atoms with van der Waals surface area (Å²) in [6.07, 6.45) is 1.53. The van der Waals surface area contributed by atoms with Crippen LogP contribution in [0, 0.1) is 6.92 Å². The van der Waals surface area contributed by atoms with E-state index in [4.69, 9.17) is 9.36 Å². The van der Waals surface area contributed by atoms with Gasteiger partial charge in [-0.15, -0.1) is 0 Å². The van der Waals surface area contributed by atoms with Crippen LogP contribution in [0.4, 0.5) is 5.82 Å². The average Bonchev–Trinajstić information content (AvgIpc) is 2.82. The van der Waals surface area contributed by atoms with Crippen molar-refractivity contribution in [2.45, 2.75) is 6.92 Å². The van der Waals surface area contributed by atoms with Crippen molar-refractivity contribution < 1.29 is 14.2 Å². The van der Waals surface area contributed by atoms with E-state index in [1.807, 2.05) is 24.3 Å². The smallest absolute Gasteiger partial charge is 0.266 e. The molecule has 0 saturated heterocycles. The number of aryl methyl sites for hydroxylation is 1. The average molecular weight is 338 g/mol. The normalized spacial score (nSPS) is 10.7. The third-order valence-electron chi connectivity index (χ3n) is 2.26. The molecule has 20 heavy (non-hydrogen) atoms. The zero-order valence-corrected chi connectivity index (χ0v) is 12.3. The molecule has 0 fully saturated rings. The van der Waals surface area contributed by atoms with E-state index in [-0.39, 0.29) is 12.5 Å². The minimum atomic E-state index is -0.359. The predicted molar refractivity (Wildman–Crippen MR) is 77.6 cm³/mol. The van der Waals surface area contributed by atoms with Crippen LogP contribution in [-0.2, 0) is 9.63 Å². The highest BCUT2D eigenvalue weighted by molar-refractivity contribution is 9.10. The fourth-order valence-corrected chi connectivity index (χ4v) is 1.76. The molecule has 1 amide bonds. The van der Waals surface area contributed by atoms with Gasteiger partial charge in [-0.05, 0) is 13.0 Å². The van der Waals surface area contributed by atoms with Crippen molar-refractivity contribution in [1.82, 2.24) is 5.16 Å². The van der Waals surface area contributed by atoms with Gasteiger partial charge in [-0.3, -0.25) is 4.79 Å². The molecule has 0 radical (unpaired) electrons. The van der Waals surface area contributed by atoms with Crippen molar-refractivity contribution in [3.8, 4) is 0 Å². The number of oxime groups is 1. The Bertz CT molecular complexity index is 625. The molecule has 1 aromatic carbocycles. The second kappa shape index (κ2) is 6.85. The summed E-state index contributed by atoms with van der Waals surface area (Å²) in [6.45, 7) is 1.54. The van der Waals surface area contributed by atoms with Crippen LogP contribution in [0.15, 0.2) is 44.5 Å². The van der Waals surface area contributed by atoms with Gasteiger partial charge in [0.15, 0.2) is 12.4 Å². The lowest BCUT2D eigenvalue weighted by Crippen LogP contribution is -2.17. The van der Waals surface area contributed by atoms with Gasteiger partial charge < -0.3 is 14.7 Å². The van der Waals surface area contributed by atoms with E-state index >= 15 is 0 Å². The van der Waals surface area contributed by atoms with Gasteiger partial charge in [0.25, 0.3) is 5.91 Å². The molecule has 1 aromatic heterocycles. The van der Waals surface area contributed by atoms with Gasteiger partial charge >= 0.3 is 0 Å². The molecule has 104 valence electrons. The molecular formula is C13H12BrN3O3. The van der Waals surface area contributed by atoms with Gasteiger partial charge in [0.05, 0.1) is 6.21 Å². The van der Waals surface area contributed by atoms with Crippen molar-refractivity contribution in [2.24, 2.45) is 5.16 Å². The SMILES string of the molecule is Cc1cc(NC(=O)CO/N=C\c2ccccc2Br)no1. The molecule has 7 heteroatoms. The molecule has 0 bridgehead atoms. The number of anilines is 1. The van der Waals surface area contributed by atoms with E-state index in [0.29, 0.717) is 11.6 Å². The number of nitrogens with one attached hydrogen (secondary N) is 1. The van der Waals surface area contributed by atoms with Crippen LogP contribution in [0.5, 0.6) is 0 Å². The Morgan fingerprint density at radius 1 is 1.55 bits per heavy atom. The van der Waals surface area contributed by atoms with Crippen molar-refractivity contribution in [3.63, 3.8) is 0 Å². The van der Waals surface area contributed by atoms with E-state index in [0.717, 1.165) is 10.0 Å². The fourth-order valence-electron chi connectivity index (χ4n) is 1.37. The third kappa shape index (κ3) is 4.20. The standard InChI is InChI=1S/C13H12BrN3O3/c1-9-6-12(17-20-9)16-13(18)8-19-15-7-10-4-2-3-5-11(10)14/h2-7H,8H2,1H3,(H,16,17,18)/b15-7-. The number of hydrogen-bond acceptors (Lipinski definition) is 5. The topological polar surface area (TPSA) is 76.7 Å². The molecule has 0 aliphatic carbocycles. The Morgan fingerprint density at radius 2 is 2.35 bits per heavy atom. The van der Waals surface area contributed by atoms with Gasteiger partial charge in [0, 0.05) is 16.1 Å². The summed E-state index contributed by atoms with van der Waals surface area (Å²) in [5.41, 5.74) is 0.861. The lowest BCUT2D eigenvalue weighted by Gasteiger charge is -2.00. The molecule has 0 atom stereocenters. The van der Waals surface area contributed by atoms with E-state index in [1.165, 1.54) is 6.21 Å². The Kier molecular flexibility index (Phi) is 4.89. The summed E-state index contributed by atoms with van der Waals surface area (Å²) in [7, 11) is 0. The summed E-state index contributed by atoms with van der Waals surface area (Å²) in [4.78, 5) is 16.4. The Labute approximate surface area is 123 Å². The van der Waals surface area contributed by atoms with Crippen LogP contribution in [0.1, 0.15) is 11.3 Å². The lowest BCUT2D eigenvalue weighted by molar-refractivity contribution is -0.120. The van der Waals surface area contributed by atoms with Gasteiger partial charge in [-0.2, -0.15) is 0 Å². The number of hydrogen-bond donors (Lipinski definition) is 1. The Balaban J connectivity index is 1.78. The molecule has 2 aromatic rings. The highest BCUT2D eigenvalue weighted by Crippen LogP contribution is 2.13. The Morgan fingerprint density at radius 3 is 3.05 bits per heavy atom. The summed E-state index contributed by atoms with van der Waals surface area (Å²) >= 11 is 3.38.